The maximum Gasteiger partial charge on any atom is 0.173 e. The quantitative estimate of drug-likeness (QED) is 0.332. The molecule has 3 nitrogen and oxygen atoms in total. The molecule has 1 aliphatic heterocycles. The molecule has 4 aromatic rings. The zero-order valence-corrected chi connectivity index (χ0v) is 23.8. The van der Waals surface area contributed by atoms with Crippen molar-refractivity contribution in [1.82, 2.24) is 0 Å². The predicted octanol–water partition coefficient (Wildman–Crippen LogP) is 4.78. The Kier molecular flexibility index (Phi) is 8.08. The number of pyridine rings is 1. The van der Waals surface area contributed by atoms with Crippen LogP contribution in [0.4, 0.5) is 0 Å². The lowest BCUT2D eigenvalue weighted by Gasteiger charge is -2.32. The molecule has 1 N–H and O–H groups in total. The number of aromatic nitrogens is 1. The summed E-state index contributed by atoms with van der Waals surface area (Å²) in [5, 5.41) is 13.6. The van der Waals surface area contributed by atoms with Gasteiger partial charge in [-0.15, -0.1) is 0 Å². The Morgan fingerprint density at radius 1 is 0.946 bits per heavy atom. The molecule has 3 aromatic carbocycles. The molecule has 0 saturated heterocycles. The van der Waals surface area contributed by atoms with Crippen molar-refractivity contribution in [2.45, 2.75) is 65.0 Å². The smallest absolute Gasteiger partial charge is 0.173 e. The number of rotatable bonds is 7. The van der Waals surface area contributed by atoms with Gasteiger partial charge in [-0.25, -0.2) is 4.57 Å². The number of hydrogen-bond acceptors (Lipinski definition) is 2. The molecule has 0 fully saturated rings. The minimum atomic E-state index is -0.461. The second kappa shape index (κ2) is 11.1. The Balaban J connectivity index is 0.00000320. The van der Waals surface area contributed by atoms with Crippen LogP contribution in [0.2, 0.25) is 0 Å². The van der Waals surface area contributed by atoms with Gasteiger partial charge in [-0.1, -0.05) is 63.1 Å². The monoisotopic (exact) mass is 557 g/mol. The number of halogens is 1. The first-order valence-electron chi connectivity index (χ1n) is 13.1. The zero-order chi connectivity index (χ0) is 25.3. The fourth-order valence-corrected chi connectivity index (χ4v) is 5.18. The predicted molar refractivity (Wildman–Crippen MR) is 148 cm³/mol. The first-order valence-corrected chi connectivity index (χ1v) is 13.1. The van der Waals surface area contributed by atoms with Gasteiger partial charge in [0.1, 0.15) is 17.1 Å². The Morgan fingerprint density at radius 3 is 2.41 bits per heavy atom. The van der Waals surface area contributed by atoms with Gasteiger partial charge in [0.05, 0.1) is 5.56 Å². The van der Waals surface area contributed by atoms with E-state index >= 15 is 0 Å². The molecule has 1 atom stereocenters. The lowest BCUT2D eigenvalue weighted by Crippen LogP contribution is -3.00. The molecule has 1 aromatic heterocycles. The fourth-order valence-electron chi connectivity index (χ4n) is 5.18. The van der Waals surface area contributed by atoms with Gasteiger partial charge in [0.25, 0.3) is 0 Å². The summed E-state index contributed by atoms with van der Waals surface area (Å²) in [6.45, 7) is 9.39. The van der Waals surface area contributed by atoms with Gasteiger partial charge in [0.15, 0.2) is 18.9 Å². The highest BCUT2D eigenvalue weighted by molar-refractivity contribution is 5.87. The van der Waals surface area contributed by atoms with Crippen molar-refractivity contribution in [2.75, 3.05) is 0 Å². The third-order valence-electron chi connectivity index (χ3n) is 7.18. The van der Waals surface area contributed by atoms with E-state index < -0.39 is 5.60 Å². The molecule has 1 unspecified atom stereocenters. The lowest BCUT2D eigenvalue weighted by atomic mass is 9.87. The molecule has 1 aliphatic rings. The summed E-state index contributed by atoms with van der Waals surface area (Å²) in [4.78, 5) is 0. The van der Waals surface area contributed by atoms with Gasteiger partial charge >= 0.3 is 0 Å². The second-order valence-corrected chi connectivity index (χ2v) is 10.7. The van der Waals surface area contributed by atoms with Crippen LogP contribution in [0.5, 0.6) is 11.5 Å². The molecule has 0 aliphatic carbocycles. The largest absolute Gasteiger partial charge is 1.00 e. The molecule has 0 radical (unpaired) electrons. The summed E-state index contributed by atoms with van der Waals surface area (Å²) in [5.41, 5.74) is 4.82. The van der Waals surface area contributed by atoms with Crippen LogP contribution in [0.25, 0.3) is 16.3 Å². The van der Waals surface area contributed by atoms with E-state index in [9.17, 15) is 5.11 Å². The number of unbranched alkanes of at least 4 members (excludes halogenated alkanes) is 1. The van der Waals surface area contributed by atoms with Crippen molar-refractivity contribution < 1.29 is 31.4 Å². The number of aromatic hydroxyl groups is 1. The fraction of sp³-hybridized carbons (Fsp3) is 0.303. The average Bonchev–Trinajstić information content (AvgIpc) is 2.86. The van der Waals surface area contributed by atoms with E-state index in [0.717, 1.165) is 41.0 Å². The molecule has 4 heteroatoms. The summed E-state index contributed by atoms with van der Waals surface area (Å²) in [6, 6.07) is 23.4. The lowest BCUT2D eigenvalue weighted by molar-refractivity contribution is -0.688. The highest BCUT2D eigenvalue weighted by atomic mass is 79.9. The molecule has 2 heterocycles. The first-order chi connectivity index (χ1) is 17.3. The number of nitrogens with zero attached hydrogens (tertiary/aromatic N) is 1. The average molecular weight is 559 g/mol. The van der Waals surface area contributed by atoms with Crippen molar-refractivity contribution in [3.8, 4) is 11.5 Å². The van der Waals surface area contributed by atoms with E-state index in [2.05, 4.69) is 111 Å². The third-order valence-corrected chi connectivity index (χ3v) is 7.18. The minimum Gasteiger partial charge on any atom is -1.00 e. The summed E-state index contributed by atoms with van der Waals surface area (Å²) < 4.78 is 8.54. The summed E-state index contributed by atoms with van der Waals surface area (Å²) in [7, 11) is 0. The van der Waals surface area contributed by atoms with Crippen LogP contribution in [0, 0.1) is 0 Å². The van der Waals surface area contributed by atoms with Crippen LogP contribution < -0.4 is 26.3 Å². The van der Waals surface area contributed by atoms with Gasteiger partial charge < -0.3 is 26.8 Å². The standard InChI is InChI=1S/C33H35NO2.BrH/c1-5-6-9-23(2)28-19-30(35)32-29(21-33(3,4)36-31(32)20-28)26-14-16-34(17-15-26)22-24-12-13-25-10-7-8-11-27(25)18-24;/h7-8,10-21,23H,5-6,9,22H2,1-4H3;1H. The zero-order valence-electron chi connectivity index (χ0n) is 22.2. The molecule has 0 amide bonds. The summed E-state index contributed by atoms with van der Waals surface area (Å²) in [6.07, 6.45) is 9.82. The second-order valence-electron chi connectivity index (χ2n) is 10.7. The van der Waals surface area contributed by atoms with Gasteiger partial charge in [-0.2, -0.15) is 0 Å². The van der Waals surface area contributed by atoms with E-state index in [1.54, 1.807) is 0 Å². The van der Waals surface area contributed by atoms with Gasteiger partial charge in [-0.05, 0) is 77.9 Å². The molecule has 192 valence electrons. The van der Waals surface area contributed by atoms with Crippen molar-refractivity contribution in [1.29, 1.82) is 0 Å². The minimum absolute atomic E-state index is 0. The highest BCUT2D eigenvalue weighted by Gasteiger charge is 2.30. The number of hydrogen-bond donors (Lipinski definition) is 1. The van der Waals surface area contributed by atoms with Crippen LogP contribution in [-0.4, -0.2) is 10.7 Å². The Labute approximate surface area is 231 Å². The van der Waals surface area contributed by atoms with E-state index in [4.69, 9.17) is 4.74 Å². The number of phenols is 1. The van der Waals surface area contributed by atoms with Crippen LogP contribution in [0.15, 0.2) is 85.2 Å². The van der Waals surface area contributed by atoms with Crippen molar-refractivity contribution >= 4 is 16.3 Å². The van der Waals surface area contributed by atoms with Crippen molar-refractivity contribution in [3.63, 3.8) is 0 Å². The number of phenolic OH excluding ortho intramolecular Hbond substituents is 1. The topological polar surface area (TPSA) is 33.3 Å². The summed E-state index contributed by atoms with van der Waals surface area (Å²) >= 11 is 0. The van der Waals surface area contributed by atoms with Crippen LogP contribution in [-0.2, 0) is 6.54 Å². The molecular weight excluding hydrogens is 522 g/mol. The molecular formula is C33H36BrNO2. The van der Waals surface area contributed by atoms with Crippen LogP contribution in [0.3, 0.4) is 0 Å². The van der Waals surface area contributed by atoms with Crippen molar-refractivity contribution in [3.05, 3.63) is 107 Å². The van der Waals surface area contributed by atoms with E-state index in [0.29, 0.717) is 11.7 Å². The molecule has 0 spiro atoms. The summed E-state index contributed by atoms with van der Waals surface area (Å²) in [5.74, 6) is 1.44. The Morgan fingerprint density at radius 2 is 1.68 bits per heavy atom. The SMILES string of the molecule is CCCCC(C)c1cc(O)c2c(c1)OC(C)(C)C=C2c1cc[n+](Cc2ccc3ccccc3c2)cc1.[Br-]. The van der Waals surface area contributed by atoms with Crippen LogP contribution in [0.1, 0.15) is 75.1 Å². The highest BCUT2D eigenvalue weighted by Crippen LogP contribution is 2.45. The maximum atomic E-state index is 11.1. The van der Waals surface area contributed by atoms with Gasteiger partial charge in [0, 0.05) is 17.7 Å². The van der Waals surface area contributed by atoms with Crippen LogP contribution >= 0.6 is 0 Å². The number of fused-ring (bicyclic) bond motifs is 2. The molecule has 5 rings (SSSR count). The normalized spacial score (nSPS) is 14.8. The number of ether oxygens (including phenoxy) is 1. The van der Waals surface area contributed by atoms with Gasteiger partial charge in [-0.3, -0.25) is 0 Å². The first kappa shape index (κ1) is 26.9. The van der Waals surface area contributed by atoms with Crippen molar-refractivity contribution in [2.24, 2.45) is 0 Å². The van der Waals surface area contributed by atoms with E-state index in [-0.39, 0.29) is 17.0 Å². The van der Waals surface area contributed by atoms with E-state index in [1.165, 1.54) is 29.2 Å². The maximum absolute atomic E-state index is 11.1. The molecule has 0 saturated carbocycles. The third kappa shape index (κ3) is 5.91. The Bertz CT molecular complexity index is 1420. The Hall–Kier alpha value is -3.11. The molecule has 0 bridgehead atoms. The number of benzene rings is 3. The molecule has 37 heavy (non-hydrogen) atoms. The van der Waals surface area contributed by atoms with E-state index in [1.807, 2.05) is 6.07 Å². The van der Waals surface area contributed by atoms with Gasteiger partial charge in [0.2, 0.25) is 0 Å².